The normalized spacial score (nSPS) is 13.7. The molecule has 2 aromatic rings. The second-order valence-corrected chi connectivity index (χ2v) is 5.53. The Balaban J connectivity index is 2.14. The van der Waals surface area contributed by atoms with Gasteiger partial charge in [0.05, 0.1) is 13.0 Å². The van der Waals surface area contributed by atoms with Crippen molar-refractivity contribution in [2.75, 3.05) is 6.61 Å². The van der Waals surface area contributed by atoms with Crippen molar-refractivity contribution in [3.05, 3.63) is 34.5 Å². The van der Waals surface area contributed by atoms with Crippen molar-refractivity contribution in [2.45, 2.75) is 46.8 Å². The van der Waals surface area contributed by atoms with Gasteiger partial charge in [0.25, 0.3) is 0 Å². The maximum Gasteiger partial charge on any atom is 0.310 e. The average molecular weight is 286 g/mol. The maximum atomic E-state index is 11.9. The summed E-state index contributed by atoms with van der Waals surface area (Å²) in [6.07, 6.45) is 0.357. The molecular weight excluding hydrogens is 264 g/mol. The number of carbonyl (C=O) groups excluding carboxylic acids is 1. The number of nitrogens with one attached hydrogen (secondary N) is 1. The van der Waals surface area contributed by atoms with Crippen molar-refractivity contribution in [1.29, 1.82) is 0 Å². The summed E-state index contributed by atoms with van der Waals surface area (Å²) in [5.74, 6) is -0.144. The molecular formula is C17H22N2O2. The lowest BCUT2D eigenvalue weighted by atomic mass is 10.0. The first kappa shape index (κ1) is 14.1. The smallest absolute Gasteiger partial charge is 0.310 e. The summed E-state index contributed by atoms with van der Waals surface area (Å²) in [4.78, 5) is 11.9. The van der Waals surface area contributed by atoms with Gasteiger partial charge in [0.1, 0.15) is 0 Å². The van der Waals surface area contributed by atoms with Gasteiger partial charge in [-0.25, -0.2) is 0 Å². The van der Waals surface area contributed by atoms with Gasteiger partial charge in [-0.3, -0.25) is 4.79 Å². The number of aromatic nitrogens is 1. The summed E-state index contributed by atoms with van der Waals surface area (Å²) in [6, 6.07) is 4.52. The number of hydrogen-bond donors (Lipinski definition) is 1. The van der Waals surface area contributed by atoms with E-state index in [1.54, 1.807) is 0 Å². The first-order valence-electron chi connectivity index (χ1n) is 7.65. The summed E-state index contributed by atoms with van der Waals surface area (Å²) in [5, 5.41) is 4.58. The Hall–Kier alpha value is -1.81. The Morgan fingerprint density at radius 1 is 1.29 bits per heavy atom. The SMILES string of the molecule is CCOC(=O)Cc1c(C)n(CC)c2cc3c(cc12)CNC3. The average Bonchev–Trinajstić information content (AvgIpc) is 3.00. The van der Waals surface area contributed by atoms with Crippen LogP contribution in [0.3, 0.4) is 0 Å². The zero-order valence-corrected chi connectivity index (χ0v) is 13.0. The predicted octanol–water partition coefficient (Wildman–Crippen LogP) is 2.68. The minimum atomic E-state index is -0.144. The third-order valence-electron chi connectivity index (χ3n) is 4.35. The molecule has 0 aliphatic carbocycles. The molecule has 0 fully saturated rings. The fraction of sp³-hybridized carbons (Fsp3) is 0.471. The van der Waals surface area contributed by atoms with Crippen LogP contribution in [0, 0.1) is 6.92 Å². The van der Waals surface area contributed by atoms with Crippen LogP contribution in [-0.2, 0) is 35.6 Å². The Morgan fingerprint density at radius 3 is 2.67 bits per heavy atom. The van der Waals surface area contributed by atoms with Gasteiger partial charge in [0.15, 0.2) is 0 Å². The van der Waals surface area contributed by atoms with Crippen molar-refractivity contribution in [3.8, 4) is 0 Å². The molecule has 4 nitrogen and oxygen atoms in total. The summed E-state index contributed by atoms with van der Waals surface area (Å²) in [6.45, 7) is 9.29. The summed E-state index contributed by atoms with van der Waals surface area (Å²) >= 11 is 0. The van der Waals surface area contributed by atoms with E-state index in [9.17, 15) is 4.79 Å². The molecule has 1 aromatic carbocycles. The van der Waals surface area contributed by atoms with E-state index in [1.807, 2.05) is 6.92 Å². The Labute approximate surface area is 125 Å². The molecule has 1 N–H and O–H groups in total. The molecule has 1 aliphatic heterocycles. The molecule has 1 aliphatic rings. The van der Waals surface area contributed by atoms with Gasteiger partial charge in [0, 0.05) is 36.2 Å². The van der Waals surface area contributed by atoms with Crippen molar-refractivity contribution < 1.29 is 9.53 Å². The molecule has 0 bridgehead atoms. The topological polar surface area (TPSA) is 43.3 Å². The number of nitrogens with zero attached hydrogens (tertiary/aromatic N) is 1. The minimum absolute atomic E-state index is 0.144. The minimum Gasteiger partial charge on any atom is -0.466 e. The van der Waals surface area contributed by atoms with Crippen LogP contribution in [0.25, 0.3) is 10.9 Å². The predicted molar refractivity (Wildman–Crippen MR) is 83.2 cm³/mol. The van der Waals surface area contributed by atoms with Gasteiger partial charge in [-0.05, 0) is 49.6 Å². The number of rotatable bonds is 4. The van der Waals surface area contributed by atoms with Gasteiger partial charge >= 0.3 is 5.97 Å². The van der Waals surface area contributed by atoms with Crippen LogP contribution in [0.5, 0.6) is 0 Å². The molecule has 0 unspecified atom stereocenters. The number of esters is 1. The fourth-order valence-electron chi connectivity index (χ4n) is 3.33. The third kappa shape index (κ3) is 2.33. The molecule has 2 heterocycles. The fourth-order valence-corrected chi connectivity index (χ4v) is 3.33. The molecule has 0 saturated carbocycles. The molecule has 0 amide bonds. The van der Waals surface area contributed by atoms with Crippen LogP contribution in [0.2, 0.25) is 0 Å². The number of ether oxygens (including phenoxy) is 1. The third-order valence-corrected chi connectivity index (χ3v) is 4.35. The van der Waals surface area contributed by atoms with Crippen LogP contribution in [0.4, 0.5) is 0 Å². The molecule has 1 aromatic heterocycles. The van der Waals surface area contributed by atoms with E-state index >= 15 is 0 Å². The van der Waals surface area contributed by atoms with Gasteiger partial charge in [-0.2, -0.15) is 0 Å². The van der Waals surface area contributed by atoms with Gasteiger partial charge < -0.3 is 14.6 Å². The Kier molecular flexibility index (Phi) is 3.72. The molecule has 0 atom stereocenters. The first-order valence-corrected chi connectivity index (χ1v) is 7.65. The quantitative estimate of drug-likeness (QED) is 0.879. The monoisotopic (exact) mass is 286 g/mol. The number of hydrogen-bond acceptors (Lipinski definition) is 3. The zero-order chi connectivity index (χ0) is 15.0. The second-order valence-electron chi connectivity index (χ2n) is 5.53. The number of fused-ring (bicyclic) bond motifs is 2. The van der Waals surface area contributed by atoms with E-state index in [0.717, 1.165) is 25.2 Å². The molecule has 3 rings (SSSR count). The van der Waals surface area contributed by atoms with Gasteiger partial charge in [0.2, 0.25) is 0 Å². The summed E-state index contributed by atoms with van der Waals surface area (Å²) in [7, 11) is 0. The first-order chi connectivity index (χ1) is 10.2. The molecule has 0 spiro atoms. The van der Waals surface area contributed by atoms with Crippen LogP contribution >= 0.6 is 0 Å². The van der Waals surface area contributed by atoms with E-state index < -0.39 is 0 Å². The van der Waals surface area contributed by atoms with E-state index in [0.29, 0.717) is 13.0 Å². The van der Waals surface area contributed by atoms with Crippen molar-refractivity contribution >= 4 is 16.9 Å². The Bertz CT molecular complexity index is 701. The van der Waals surface area contributed by atoms with Crippen LogP contribution in [0.15, 0.2) is 12.1 Å². The highest BCUT2D eigenvalue weighted by Crippen LogP contribution is 2.31. The van der Waals surface area contributed by atoms with Gasteiger partial charge in [-0.1, -0.05) is 0 Å². The lowest BCUT2D eigenvalue weighted by Crippen LogP contribution is -2.08. The lowest BCUT2D eigenvalue weighted by Gasteiger charge is -2.05. The number of aryl methyl sites for hydroxylation is 1. The van der Waals surface area contributed by atoms with E-state index in [1.165, 1.54) is 27.7 Å². The van der Waals surface area contributed by atoms with E-state index in [-0.39, 0.29) is 5.97 Å². The molecule has 4 heteroatoms. The van der Waals surface area contributed by atoms with Gasteiger partial charge in [-0.15, -0.1) is 0 Å². The van der Waals surface area contributed by atoms with Crippen LogP contribution in [0.1, 0.15) is 36.2 Å². The summed E-state index contributed by atoms with van der Waals surface area (Å²) < 4.78 is 7.42. The van der Waals surface area contributed by atoms with Crippen LogP contribution in [-0.4, -0.2) is 17.1 Å². The van der Waals surface area contributed by atoms with E-state index in [2.05, 4.69) is 35.9 Å². The van der Waals surface area contributed by atoms with Crippen molar-refractivity contribution in [3.63, 3.8) is 0 Å². The standard InChI is InChI=1S/C17H22N2O2/c1-4-19-11(3)14(8-17(20)21-5-2)15-6-12-9-18-10-13(12)7-16(15)19/h6-7,18H,4-5,8-10H2,1-3H3. The van der Waals surface area contributed by atoms with Crippen molar-refractivity contribution in [1.82, 2.24) is 9.88 Å². The summed E-state index contributed by atoms with van der Waals surface area (Å²) in [5.41, 5.74) is 6.24. The highest BCUT2D eigenvalue weighted by Gasteiger charge is 2.20. The van der Waals surface area contributed by atoms with E-state index in [4.69, 9.17) is 4.74 Å². The number of benzene rings is 1. The maximum absolute atomic E-state index is 11.9. The largest absolute Gasteiger partial charge is 0.466 e. The zero-order valence-electron chi connectivity index (χ0n) is 13.0. The van der Waals surface area contributed by atoms with Crippen LogP contribution < -0.4 is 5.32 Å². The molecule has 0 saturated heterocycles. The van der Waals surface area contributed by atoms with Crippen molar-refractivity contribution in [2.24, 2.45) is 0 Å². The highest BCUT2D eigenvalue weighted by atomic mass is 16.5. The second kappa shape index (κ2) is 5.53. The molecule has 0 radical (unpaired) electrons. The number of carbonyl (C=O) groups is 1. The Morgan fingerprint density at radius 2 is 2.00 bits per heavy atom. The highest BCUT2D eigenvalue weighted by molar-refractivity contribution is 5.90. The lowest BCUT2D eigenvalue weighted by molar-refractivity contribution is -0.142. The molecule has 21 heavy (non-hydrogen) atoms. The molecule has 112 valence electrons.